The van der Waals surface area contributed by atoms with Crippen LogP contribution in [0.2, 0.25) is 0 Å². The van der Waals surface area contributed by atoms with Gasteiger partial charge in [-0.1, -0.05) is 6.58 Å². The van der Waals surface area contributed by atoms with E-state index in [2.05, 4.69) is 6.58 Å². The molecule has 0 radical (unpaired) electrons. The molecule has 1 unspecified atom stereocenters. The summed E-state index contributed by atoms with van der Waals surface area (Å²) in [6, 6.07) is 0. The van der Waals surface area contributed by atoms with E-state index < -0.39 is 0 Å². The van der Waals surface area contributed by atoms with Crippen LogP contribution in [0.3, 0.4) is 0 Å². The van der Waals surface area contributed by atoms with Gasteiger partial charge < -0.3 is 4.74 Å². The summed E-state index contributed by atoms with van der Waals surface area (Å²) < 4.78 is 5.29. The average molecular weight is 218 g/mol. The minimum Gasteiger partial charge on any atom is -0.444 e. The molecule has 1 aliphatic rings. The Morgan fingerprint density at radius 1 is 1.62 bits per heavy atom. The quantitative estimate of drug-likeness (QED) is 0.525. The molecule has 0 aromatic heterocycles. The number of carbonyl (C=O) groups excluding carboxylic acids is 1. The van der Waals surface area contributed by atoms with Gasteiger partial charge in [-0.15, -0.1) is 11.8 Å². The lowest BCUT2D eigenvalue weighted by molar-refractivity contribution is -0.143. The van der Waals surface area contributed by atoms with Gasteiger partial charge in [0.05, 0.1) is 0 Å². The van der Waals surface area contributed by atoms with Gasteiger partial charge in [0.2, 0.25) is 0 Å². The van der Waals surface area contributed by atoms with Gasteiger partial charge in [-0.2, -0.15) is 11.8 Å². The molecule has 1 aliphatic heterocycles. The first-order chi connectivity index (χ1) is 6.16. The van der Waals surface area contributed by atoms with Gasteiger partial charge in [0, 0.05) is 11.8 Å². The van der Waals surface area contributed by atoms with Crippen LogP contribution in [0, 0.1) is 0 Å². The molecule has 4 heteroatoms. The van der Waals surface area contributed by atoms with Crippen LogP contribution < -0.4 is 0 Å². The second-order valence-corrected chi connectivity index (χ2v) is 5.68. The molecule has 74 valence electrons. The second-order valence-electron chi connectivity index (χ2n) is 3.01. The van der Waals surface area contributed by atoms with Crippen LogP contribution in [0.25, 0.3) is 0 Å². The largest absolute Gasteiger partial charge is 0.444 e. The zero-order valence-electron chi connectivity index (χ0n) is 7.75. The number of rotatable bonds is 2. The Balaban J connectivity index is 2.51. The zero-order valence-corrected chi connectivity index (χ0v) is 9.38. The first kappa shape index (κ1) is 11.0. The van der Waals surface area contributed by atoms with E-state index in [0.29, 0.717) is 0 Å². The molecular formula is C9H14O2S2. The van der Waals surface area contributed by atoms with E-state index in [1.807, 2.05) is 18.7 Å². The summed E-state index contributed by atoms with van der Waals surface area (Å²) >= 11 is 3.56. The normalized spacial score (nSPS) is 29.0. The van der Waals surface area contributed by atoms with Gasteiger partial charge in [-0.3, -0.25) is 0 Å². The van der Waals surface area contributed by atoms with Crippen molar-refractivity contribution in [1.82, 2.24) is 0 Å². The van der Waals surface area contributed by atoms with Crippen LogP contribution in [0.1, 0.15) is 13.3 Å². The van der Waals surface area contributed by atoms with Crippen molar-refractivity contribution in [3.05, 3.63) is 12.7 Å². The number of ether oxygens (including phenoxy) is 1. The molecule has 1 fully saturated rings. The number of carbonyl (C=O) groups is 1. The van der Waals surface area contributed by atoms with Gasteiger partial charge in [0.25, 0.3) is 0 Å². The fourth-order valence-corrected chi connectivity index (χ4v) is 3.61. The van der Waals surface area contributed by atoms with E-state index in [1.165, 1.54) is 12.5 Å². The van der Waals surface area contributed by atoms with Crippen LogP contribution >= 0.6 is 23.5 Å². The fourth-order valence-electron chi connectivity index (χ4n) is 1.06. The lowest BCUT2D eigenvalue weighted by Gasteiger charge is -2.26. The predicted octanol–water partition coefficient (Wildman–Crippen LogP) is 2.30. The summed E-state index contributed by atoms with van der Waals surface area (Å²) in [5.41, 5.74) is 0. The summed E-state index contributed by atoms with van der Waals surface area (Å²) in [6.45, 7) is 5.36. The Bertz CT molecular complexity index is 196. The maximum Gasteiger partial charge on any atom is 0.331 e. The molecule has 13 heavy (non-hydrogen) atoms. The minimum absolute atomic E-state index is 0.322. The Kier molecular flexibility index (Phi) is 4.19. The van der Waals surface area contributed by atoms with E-state index >= 15 is 0 Å². The maximum absolute atomic E-state index is 11.0. The van der Waals surface area contributed by atoms with Crippen molar-refractivity contribution in [1.29, 1.82) is 0 Å². The molecule has 1 rings (SSSR count). The highest BCUT2D eigenvalue weighted by molar-refractivity contribution is 8.04. The lowest BCUT2D eigenvalue weighted by atomic mass is 10.4. The van der Waals surface area contributed by atoms with Crippen LogP contribution in [0.4, 0.5) is 0 Å². The summed E-state index contributed by atoms with van der Waals surface area (Å²) in [5.74, 6) is 2.77. The van der Waals surface area contributed by atoms with Crippen molar-refractivity contribution in [2.45, 2.75) is 18.3 Å². The summed E-state index contributed by atoms with van der Waals surface area (Å²) in [4.78, 5) is 10.7. The van der Waals surface area contributed by atoms with Crippen molar-refractivity contribution in [3.63, 3.8) is 0 Å². The highest BCUT2D eigenvalue weighted by Crippen LogP contribution is 2.34. The molecule has 2 nitrogen and oxygen atoms in total. The molecule has 0 N–H and O–H groups in total. The smallest absolute Gasteiger partial charge is 0.331 e. The highest BCUT2D eigenvalue weighted by atomic mass is 32.2. The average Bonchev–Trinajstić information content (AvgIpc) is 2.30. The predicted molar refractivity (Wildman–Crippen MR) is 59.1 cm³/mol. The number of thioether (sulfide) groups is 2. The standard InChI is InChI=1S/C9H14O2S2/c1-3-8(10)11-9(2)7-12-5-4-6-13-9/h3H,1,4-7H2,2H3. The fraction of sp³-hybridized carbons (Fsp3) is 0.667. The summed E-state index contributed by atoms with van der Waals surface area (Å²) in [7, 11) is 0. The first-order valence-electron chi connectivity index (χ1n) is 4.23. The minimum atomic E-state index is -0.355. The molecule has 1 atom stereocenters. The Labute approximate surface area is 87.5 Å². The van der Waals surface area contributed by atoms with E-state index in [1.54, 1.807) is 11.8 Å². The summed E-state index contributed by atoms with van der Waals surface area (Å²) in [5, 5.41) is 0. The van der Waals surface area contributed by atoms with Crippen molar-refractivity contribution in [2.24, 2.45) is 0 Å². The molecule has 0 amide bonds. The van der Waals surface area contributed by atoms with Crippen molar-refractivity contribution in [2.75, 3.05) is 17.3 Å². The number of esters is 1. The number of hydrogen-bond donors (Lipinski definition) is 0. The molecule has 0 aromatic carbocycles. The van der Waals surface area contributed by atoms with Gasteiger partial charge in [0.15, 0.2) is 4.93 Å². The van der Waals surface area contributed by atoms with Crippen molar-refractivity contribution >= 4 is 29.5 Å². The Hall–Kier alpha value is -0.0900. The van der Waals surface area contributed by atoms with Crippen molar-refractivity contribution < 1.29 is 9.53 Å². The molecule has 0 aromatic rings. The molecule has 0 aliphatic carbocycles. The third-order valence-corrected chi connectivity index (χ3v) is 4.53. The van der Waals surface area contributed by atoms with E-state index in [-0.39, 0.29) is 10.9 Å². The third kappa shape index (κ3) is 3.65. The molecule has 0 saturated carbocycles. The molecule has 0 bridgehead atoms. The first-order valence-corrected chi connectivity index (χ1v) is 6.37. The van der Waals surface area contributed by atoms with Crippen LogP contribution in [0.15, 0.2) is 12.7 Å². The van der Waals surface area contributed by atoms with E-state index in [9.17, 15) is 4.79 Å². The van der Waals surface area contributed by atoms with Crippen LogP contribution in [-0.2, 0) is 9.53 Å². The maximum atomic E-state index is 11.0. The molecule has 0 spiro atoms. The van der Waals surface area contributed by atoms with Gasteiger partial charge in [-0.25, -0.2) is 4.79 Å². The lowest BCUT2D eigenvalue weighted by Crippen LogP contribution is -2.29. The Morgan fingerprint density at radius 3 is 3.08 bits per heavy atom. The molecular weight excluding hydrogens is 204 g/mol. The van der Waals surface area contributed by atoms with Gasteiger partial charge in [0.1, 0.15) is 0 Å². The monoisotopic (exact) mass is 218 g/mol. The summed E-state index contributed by atoms with van der Waals surface area (Å²) in [6.07, 6.45) is 2.41. The van der Waals surface area contributed by atoms with Gasteiger partial charge >= 0.3 is 5.97 Å². The topological polar surface area (TPSA) is 26.3 Å². The second kappa shape index (κ2) is 4.96. The SMILES string of the molecule is C=CC(=O)OC1(C)CSCCCS1. The van der Waals surface area contributed by atoms with E-state index in [0.717, 1.165) is 17.3 Å². The highest BCUT2D eigenvalue weighted by Gasteiger charge is 2.30. The van der Waals surface area contributed by atoms with Crippen LogP contribution in [0.5, 0.6) is 0 Å². The third-order valence-electron chi connectivity index (χ3n) is 1.69. The van der Waals surface area contributed by atoms with Crippen molar-refractivity contribution in [3.8, 4) is 0 Å². The molecule has 1 saturated heterocycles. The molecule has 1 heterocycles. The Morgan fingerprint density at radius 2 is 2.38 bits per heavy atom. The van der Waals surface area contributed by atoms with Crippen LogP contribution in [-0.4, -0.2) is 28.2 Å². The van der Waals surface area contributed by atoms with Gasteiger partial charge in [-0.05, 0) is 24.9 Å². The van der Waals surface area contributed by atoms with E-state index in [4.69, 9.17) is 4.74 Å². The number of hydrogen-bond acceptors (Lipinski definition) is 4. The zero-order chi connectivity index (χ0) is 9.73.